The molecule has 3 saturated heterocycles. The molecule has 5 fully saturated rings. The predicted molar refractivity (Wildman–Crippen MR) is 218 cm³/mol. The summed E-state index contributed by atoms with van der Waals surface area (Å²) < 4.78 is 75.6. The molecule has 57 heavy (non-hydrogen) atoms. The van der Waals surface area contributed by atoms with Crippen molar-refractivity contribution >= 4 is 41.3 Å². The molecule has 0 unspecified atom stereocenters. The van der Waals surface area contributed by atoms with Crippen LogP contribution in [0.1, 0.15) is 72.8 Å². The van der Waals surface area contributed by atoms with Crippen LogP contribution in [0.5, 0.6) is 6.01 Å². The number of nitrogens with zero attached hydrogens (tertiary/aromatic N) is 5. The number of pyridine rings is 1. The maximum Gasteiger partial charge on any atom is 0.319 e. The van der Waals surface area contributed by atoms with Crippen LogP contribution in [0.4, 0.5) is 29.1 Å². The van der Waals surface area contributed by atoms with Crippen LogP contribution in [0.25, 0.3) is 32.9 Å². The highest BCUT2D eigenvalue weighted by Crippen LogP contribution is 2.62. The van der Waals surface area contributed by atoms with Crippen molar-refractivity contribution in [1.82, 2.24) is 19.9 Å². The highest BCUT2D eigenvalue weighted by molar-refractivity contribution is 6.90. The molecule has 13 heteroatoms. The first-order chi connectivity index (χ1) is 27.2. The number of nitrogen functional groups attached to an aromatic ring is 1. The van der Waals surface area contributed by atoms with E-state index in [1.54, 1.807) is 18.2 Å². The summed E-state index contributed by atoms with van der Waals surface area (Å²) in [6.07, 6.45) is 2.68. The Morgan fingerprint density at radius 3 is 2.53 bits per heavy atom. The van der Waals surface area contributed by atoms with E-state index >= 15 is 13.2 Å². The first kappa shape index (κ1) is 38.5. The molecule has 2 aromatic carbocycles. The van der Waals surface area contributed by atoms with Crippen molar-refractivity contribution in [2.45, 2.75) is 108 Å². The summed E-state index contributed by atoms with van der Waals surface area (Å²) in [5.41, 5.74) is 11.1. The largest absolute Gasteiger partial charge is 0.461 e. The summed E-state index contributed by atoms with van der Waals surface area (Å²) in [6.45, 7) is 16.0. The Kier molecular flexibility index (Phi) is 9.33. The zero-order valence-corrected chi connectivity index (χ0v) is 34.6. The van der Waals surface area contributed by atoms with Crippen molar-refractivity contribution in [3.05, 3.63) is 47.7 Å². The average molecular weight is 801 g/mol. The molecule has 2 aliphatic carbocycles. The van der Waals surface area contributed by atoms with E-state index in [0.717, 1.165) is 19.4 Å². The highest BCUT2D eigenvalue weighted by Gasteiger charge is 2.67. The zero-order chi connectivity index (χ0) is 40.2. The van der Waals surface area contributed by atoms with Crippen LogP contribution in [-0.2, 0) is 4.74 Å². The Morgan fingerprint density at radius 2 is 1.81 bits per heavy atom. The van der Waals surface area contributed by atoms with Gasteiger partial charge in [0.2, 0.25) is 0 Å². The maximum absolute atomic E-state index is 17.5. The lowest BCUT2D eigenvalue weighted by molar-refractivity contribution is 0.107. The molecule has 5 heterocycles. The molecular weight excluding hydrogens is 749 g/mol. The second kappa shape index (κ2) is 13.8. The van der Waals surface area contributed by atoms with Gasteiger partial charge in [0.1, 0.15) is 49.9 Å². The minimum absolute atomic E-state index is 0.0477. The van der Waals surface area contributed by atoms with Crippen molar-refractivity contribution in [2.24, 2.45) is 11.3 Å². The van der Waals surface area contributed by atoms with Crippen molar-refractivity contribution in [2.75, 3.05) is 50.1 Å². The number of nitrogens with two attached hydrogens (primary N) is 1. The number of rotatable bonds is 8. The predicted octanol–water partition coefficient (Wildman–Crippen LogP) is 8.79. The molecule has 0 amide bonds. The summed E-state index contributed by atoms with van der Waals surface area (Å²) in [7, 11) is -2.28. The maximum atomic E-state index is 17.5. The van der Waals surface area contributed by atoms with Crippen LogP contribution in [0.3, 0.4) is 0 Å². The summed E-state index contributed by atoms with van der Waals surface area (Å²) in [6, 6.07) is 5.82. The molecule has 0 radical (unpaired) electrons. The average Bonchev–Trinajstić information content (AvgIpc) is 3.91. The number of aromatic nitrogens is 3. The van der Waals surface area contributed by atoms with Gasteiger partial charge in [-0.25, -0.2) is 17.6 Å². The molecule has 9 rings (SSSR count). The van der Waals surface area contributed by atoms with E-state index in [9.17, 15) is 4.39 Å². The molecule has 8 nitrogen and oxygen atoms in total. The Bertz CT molecular complexity index is 2310. The van der Waals surface area contributed by atoms with Crippen LogP contribution in [0, 0.1) is 34.4 Å². The van der Waals surface area contributed by atoms with Gasteiger partial charge in [-0.2, -0.15) is 9.97 Å². The van der Waals surface area contributed by atoms with Crippen LogP contribution >= 0.6 is 0 Å². The van der Waals surface area contributed by atoms with Crippen molar-refractivity contribution < 1.29 is 27.0 Å². The van der Waals surface area contributed by atoms with Crippen molar-refractivity contribution in [1.29, 1.82) is 0 Å². The number of fused-ring (bicyclic) bond motifs is 4. The minimum atomic E-state index is -2.28. The van der Waals surface area contributed by atoms with Gasteiger partial charge in [-0.15, -0.1) is 5.54 Å². The van der Waals surface area contributed by atoms with E-state index < -0.39 is 38.1 Å². The molecule has 2 N–H and O–H groups in total. The molecular formula is C44H52F4N6O2Si. The van der Waals surface area contributed by atoms with Gasteiger partial charge >= 0.3 is 6.01 Å². The Morgan fingerprint density at radius 1 is 1.05 bits per heavy atom. The van der Waals surface area contributed by atoms with Gasteiger partial charge in [-0.3, -0.25) is 9.88 Å². The lowest BCUT2D eigenvalue weighted by Crippen LogP contribution is -2.43. The second-order valence-corrected chi connectivity index (χ2v) is 23.9. The topological polar surface area (TPSA) is 89.6 Å². The van der Waals surface area contributed by atoms with Crippen molar-refractivity contribution in [3.63, 3.8) is 0 Å². The van der Waals surface area contributed by atoms with Gasteiger partial charge < -0.3 is 20.1 Å². The van der Waals surface area contributed by atoms with Gasteiger partial charge in [-0.1, -0.05) is 53.5 Å². The molecule has 0 bridgehead atoms. The number of halogens is 4. The SMILES string of the molecule is CC(C)[Si](C#Cc1c(F)ccc2cc(N)cc(-c3ncc4c(N5CCOC[C@H]6[C@H](F)[C@H]65)nc(OC[C@@]56CCCN5C[C@]5(C[C@H]5F)C6)nc4c3F)c12)(C(C)C)C(C)C. The Labute approximate surface area is 332 Å². The van der Waals surface area contributed by atoms with E-state index in [-0.39, 0.29) is 51.8 Å². The molecule has 5 aliphatic rings. The van der Waals surface area contributed by atoms with Crippen LogP contribution in [-0.4, -0.2) is 91.3 Å². The van der Waals surface area contributed by atoms with Gasteiger partial charge in [-0.05, 0) is 72.4 Å². The standard InChI is InChI=1S/C44H52F4N6O2Si/c1-24(2)57(25(3)4,26(5)6)15-10-29-33(45)9-8-27-16-28(49)17-30(35(27)29)38-37(48)39-31(19-50-38)41(54-13-14-55-20-32-36(47)40(32)54)52-42(51-39)56-23-44-11-7-12-53(44)22-43(21-44)18-34(43)46/h8-9,16-17,19,24-26,32,34,36,40H,7,11-14,18,20-23,49H2,1-6H3/t32-,34+,36-,40-,43-,44-/m0/s1. The van der Waals surface area contributed by atoms with E-state index in [1.165, 1.54) is 12.3 Å². The summed E-state index contributed by atoms with van der Waals surface area (Å²) in [5.74, 6) is 2.01. The quantitative estimate of drug-likeness (QED) is 0.0820. The fraction of sp³-hybridized carbons (Fsp3) is 0.568. The lowest BCUT2D eigenvalue weighted by atomic mass is 9.89. The first-order valence-electron chi connectivity index (χ1n) is 20.6. The van der Waals surface area contributed by atoms with E-state index in [1.807, 2.05) is 4.90 Å². The number of hydrogen-bond donors (Lipinski definition) is 1. The Balaban J connectivity index is 1.19. The minimum Gasteiger partial charge on any atom is -0.461 e. The van der Waals surface area contributed by atoms with Crippen LogP contribution < -0.4 is 15.4 Å². The summed E-state index contributed by atoms with van der Waals surface area (Å²) in [4.78, 5) is 18.4. The molecule has 6 atom stereocenters. The van der Waals surface area contributed by atoms with Crippen LogP contribution in [0.2, 0.25) is 16.6 Å². The summed E-state index contributed by atoms with van der Waals surface area (Å²) >= 11 is 0. The third-order valence-electron chi connectivity index (χ3n) is 14.2. The third-order valence-corrected chi connectivity index (χ3v) is 20.5. The summed E-state index contributed by atoms with van der Waals surface area (Å²) in [5, 5.41) is 1.32. The third kappa shape index (κ3) is 6.10. The van der Waals surface area contributed by atoms with Crippen molar-refractivity contribution in [3.8, 4) is 28.7 Å². The fourth-order valence-corrected chi connectivity index (χ4v) is 16.4. The molecule has 302 valence electrons. The van der Waals surface area contributed by atoms with E-state index in [4.69, 9.17) is 20.2 Å². The molecule has 4 aromatic rings. The van der Waals surface area contributed by atoms with Gasteiger partial charge in [0, 0.05) is 47.3 Å². The number of hydrogen-bond acceptors (Lipinski definition) is 8. The normalized spacial score (nSPS) is 28.3. The fourth-order valence-electron chi connectivity index (χ4n) is 11.1. The number of benzene rings is 2. The Hall–Kier alpha value is -3.99. The van der Waals surface area contributed by atoms with E-state index in [2.05, 4.69) is 67.9 Å². The molecule has 1 spiro atoms. The number of anilines is 2. The van der Waals surface area contributed by atoms with Crippen LogP contribution in [0.15, 0.2) is 30.5 Å². The lowest BCUT2D eigenvalue weighted by Gasteiger charge is -2.38. The van der Waals surface area contributed by atoms with Gasteiger partial charge in [0.15, 0.2) is 5.82 Å². The zero-order valence-electron chi connectivity index (χ0n) is 33.6. The monoisotopic (exact) mass is 800 g/mol. The number of ether oxygens (including phenoxy) is 2. The smallest absolute Gasteiger partial charge is 0.319 e. The van der Waals surface area contributed by atoms with E-state index in [0.29, 0.717) is 83.4 Å². The van der Waals surface area contributed by atoms with Gasteiger partial charge in [0.25, 0.3) is 0 Å². The molecule has 2 saturated carbocycles. The second-order valence-electron chi connectivity index (χ2n) is 18.4. The highest BCUT2D eigenvalue weighted by atomic mass is 28.3. The van der Waals surface area contributed by atoms with Gasteiger partial charge in [0.05, 0.1) is 35.7 Å². The first-order valence-corrected chi connectivity index (χ1v) is 22.8. The molecule has 2 aromatic heterocycles. The molecule has 3 aliphatic heterocycles. The number of alkyl halides is 2.